The van der Waals surface area contributed by atoms with Gasteiger partial charge in [0.15, 0.2) is 0 Å². The van der Waals surface area contributed by atoms with Gasteiger partial charge in [-0.15, -0.1) is 31.4 Å². The molecule has 0 radical (unpaired) electrons. The van der Waals surface area contributed by atoms with Crippen LogP contribution < -0.4 is 10.1 Å². The van der Waals surface area contributed by atoms with Crippen molar-refractivity contribution in [3.63, 3.8) is 0 Å². The molecule has 0 aromatic heterocycles. The van der Waals surface area contributed by atoms with Gasteiger partial charge in [-0.3, -0.25) is 4.90 Å². The molecule has 5 heteroatoms. The van der Waals surface area contributed by atoms with Gasteiger partial charge in [0.1, 0.15) is 12.4 Å². The summed E-state index contributed by atoms with van der Waals surface area (Å²) in [7, 11) is 0. The van der Waals surface area contributed by atoms with Crippen LogP contribution in [0, 0.1) is 0 Å². The van der Waals surface area contributed by atoms with Crippen molar-refractivity contribution in [2.45, 2.75) is 26.0 Å². The van der Waals surface area contributed by atoms with Crippen LogP contribution in [0.3, 0.4) is 0 Å². The minimum atomic E-state index is 0. The predicted molar refractivity (Wildman–Crippen MR) is 118 cm³/mol. The van der Waals surface area contributed by atoms with E-state index in [9.17, 15) is 0 Å². The maximum absolute atomic E-state index is 5.91. The second-order valence-corrected chi connectivity index (χ2v) is 6.81. The van der Waals surface area contributed by atoms with Crippen LogP contribution in [0.5, 0.6) is 5.75 Å². The van der Waals surface area contributed by atoms with Crippen molar-refractivity contribution in [2.75, 3.05) is 26.2 Å². The summed E-state index contributed by atoms with van der Waals surface area (Å²) in [6.45, 7) is 11.1. The predicted octanol–water partition coefficient (Wildman–Crippen LogP) is 5.02. The highest BCUT2D eigenvalue weighted by Gasteiger charge is 2.22. The maximum Gasteiger partial charge on any atom is 0.119 e. The average Bonchev–Trinajstić information content (AvgIpc) is 2.66. The Morgan fingerprint density at radius 3 is 2.26 bits per heavy atom. The van der Waals surface area contributed by atoms with Crippen molar-refractivity contribution in [2.24, 2.45) is 0 Å². The summed E-state index contributed by atoms with van der Waals surface area (Å²) in [5.41, 5.74) is 3.76. The van der Waals surface area contributed by atoms with Crippen molar-refractivity contribution in [3.05, 3.63) is 77.9 Å². The van der Waals surface area contributed by atoms with Crippen molar-refractivity contribution in [1.82, 2.24) is 10.2 Å². The van der Waals surface area contributed by atoms with Crippen LogP contribution in [0.15, 0.2) is 66.7 Å². The molecule has 0 spiro atoms. The lowest BCUT2D eigenvalue weighted by Crippen LogP contribution is -2.45. The van der Waals surface area contributed by atoms with Gasteiger partial charge in [0, 0.05) is 32.2 Å². The van der Waals surface area contributed by atoms with Gasteiger partial charge in [-0.25, -0.2) is 0 Å². The highest BCUT2D eigenvalue weighted by Crippen LogP contribution is 2.29. The second kappa shape index (κ2) is 12.0. The minimum Gasteiger partial charge on any atom is -0.489 e. The molecule has 0 bridgehead atoms. The molecule has 3 nitrogen and oxygen atoms in total. The van der Waals surface area contributed by atoms with Crippen LogP contribution in [0.1, 0.15) is 30.5 Å². The Kier molecular flexibility index (Phi) is 10.5. The highest BCUT2D eigenvalue weighted by molar-refractivity contribution is 5.85. The van der Waals surface area contributed by atoms with E-state index in [1.54, 1.807) is 0 Å². The van der Waals surface area contributed by atoms with Gasteiger partial charge < -0.3 is 10.1 Å². The molecule has 0 amide bonds. The summed E-state index contributed by atoms with van der Waals surface area (Å²) >= 11 is 0. The normalized spacial score (nSPS) is 15.1. The third kappa shape index (κ3) is 7.19. The van der Waals surface area contributed by atoms with E-state index >= 15 is 0 Å². The van der Waals surface area contributed by atoms with Crippen LogP contribution in [0.2, 0.25) is 0 Å². The molecule has 0 aliphatic carbocycles. The van der Waals surface area contributed by atoms with Crippen LogP contribution in [-0.2, 0) is 6.61 Å². The zero-order valence-electron chi connectivity index (χ0n) is 15.9. The molecule has 1 atom stereocenters. The fraction of sp³-hybridized carbons (Fsp3) is 0.364. The Hall–Kier alpha value is -1.52. The van der Waals surface area contributed by atoms with Crippen molar-refractivity contribution >= 4 is 24.8 Å². The Balaban J connectivity index is 0.00000182. The Morgan fingerprint density at radius 2 is 1.67 bits per heavy atom. The maximum atomic E-state index is 5.91. The monoisotopic (exact) mass is 408 g/mol. The molecule has 0 unspecified atom stereocenters. The van der Waals surface area contributed by atoms with Gasteiger partial charge in [-0.2, -0.15) is 0 Å². The molecule has 148 valence electrons. The van der Waals surface area contributed by atoms with Gasteiger partial charge in [-0.05, 0) is 36.6 Å². The number of rotatable bonds is 7. The van der Waals surface area contributed by atoms with Gasteiger partial charge in [-0.1, -0.05) is 48.0 Å². The number of halogens is 2. The lowest BCUT2D eigenvalue weighted by molar-refractivity contribution is 0.172. The molecule has 2 aromatic rings. The largest absolute Gasteiger partial charge is 0.489 e. The fourth-order valence-electron chi connectivity index (χ4n) is 3.31. The second-order valence-electron chi connectivity index (χ2n) is 6.81. The van der Waals surface area contributed by atoms with Crippen molar-refractivity contribution < 1.29 is 4.74 Å². The number of piperazine rings is 1. The van der Waals surface area contributed by atoms with Crippen LogP contribution in [0.25, 0.3) is 0 Å². The molecule has 2 aromatic carbocycles. The lowest BCUT2D eigenvalue weighted by atomic mass is 9.98. The van der Waals surface area contributed by atoms with E-state index in [1.807, 2.05) is 18.2 Å². The summed E-state index contributed by atoms with van der Waals surface area (Å²) in [4.78, 5) is 2.56. The number of benzene rings is 2. The standard InChI is InChI=1S/C22H28N2O.2ClH/c1-18(2)16-22(24-14-12-23-13-15-24)20-8-10-21(11-9-20)25-17-19-6-4-3-5-7-19;;/h3-11,22-23H,1,12-17H2,2H3;2*1H/t22-;;/m0../s1. The molecule has 1 fully saturated rings. The summed E-state index contributed by atoms with van der Waals surface area (Å²) < 4.78 is 5.91. The van der Waals surface area contributed by atoms with E-state index in [0.717, 1.165) is 38.3 Å². The van der Waals surface area contributed by atoms with E-state index in [0.29, 0.717) is 12.6 Å². The summed E-state index contributed by atoms with van der Waals surface area (Å²) in [5, 5.41) is 3.43. The Morgan fingerprint density at radius 1 is 1.04 bits per heavy atom. The van der Waals surface area contributed by atoms with Gasteiger partial charge in [0.05, 0.1) is 0 Å². The number of hydrogen-bond acceptors (Lipinski definition) is 3. The van der Waals surface area contributed by atoms with Crippen LogP contribution in [-0.4, -0.2) is 31.1 Å². The van der Waals surface area contributed by atoms with E-state index in [2.05, 4.69) is 60.1 Å². The molecular weight excluding hydrogens is 379 g/mol. The van der Waals surface area contributed by atoms with E-state index < -0.39 is 0 Å². The third-order valence-corrected chi connectivity index (χ3v) is 4.65. The smallest absolute Gasteiger partial charge is 0.119 e. The quantitative estimate of drug-likeness (QED) is 0.650. The fourth-order valence-corrected chi connectivity index (χ4v) is 3.31. The number of ether oxygens (including phenoxy) is 1. The molecule has 3 rings (SSSR count). The molecule has 1 N–H and O–H groups in total. The summed E-state index contributed by atoms with van der Waals surface area (Å²) in [6, 6.07) is 19.3. The molecule has 1 aliphatic rings. The SMILES string of the molecule is C=C(C)C[C@@H](c1ccc(OCc2ccccc2)cc1)N1CCNCC1.Cl.Cl. The van der Waals surface area contributed by atoms with Crippen molar-refractivity contribution in [3.8, 4) is 5.75 Å². The number of hydrogen-bond donors (Lipinski definition) is 1. The average molecular weight is 409 g/mol. The molecule has 0 saturated carbocycles. The zero-order valence-corrected chi connectivity index (χ0v) is 17.5. The first kappa shape index (κ1) is 23.5. The first-order chi connectivity index (χ1) is 12.2. The number of nitrogens with zero attached hydrogens (tertiary/aromatic N) is 1. The molecule has 1 saturated heterocycles. The van der Waals surface area contributed by atoms with Crippen LogP contribution >= 0.6 is 24.8 Å². The van der Waals surface area contributed by atoms with E-state index in [-0.39, 0.29) is 24.8 Å². The zero-order chi connectivity index (χ0) is 17.5. The lowest BCUT2D eigenvalue weighted by Gasteiger charge is -2.35. The van der Waals surface area contributed by atoms with Gasteiger partial charge in [0.2, 0.25) is 0 Å². The van der Waals surface area contributed by atoms with E-state index in [4.69, 9.17) is 4.74 Å². The molecule has 27 heavy (non-hydrogen) atoms. The molecular formula is C22H30Cl2N2O. The van der Waals surface area contributed by atoms with Crippen molar-refractivity contribution in [1.29, 1.82) is 0 Å². The van der Waals surface area contributed by atoms with Gasteiger partial charge >= 0.3 is 0 Å². The minimum absolute atomic E-state index is 0. The summed E-state index contributed by atoms with van der Waals surface area (Å²) in [5.74, 6) is 0.919. The van der Waals surface area contributed by atoms with E-state index in [1.165, 1.54) is 16.7 Å². The molecule has 1 aliphatic heterocycles. The highest BCUT2D eigenvalue weighted by atomic mass is 35.5. The third-order valence-electron chi connectivity index (χ3n) is 4.65. The number of nitrogens with one attached hydrogen (secondary N) is 1. The van der Waals surface area contributed by atoms with Crippen LogP contribution in [0.4, 0.5) is 0 Å². The Labute approximate surface area is 175 Å². The topological polar surface area (TPSA) is 24.5 Å². The molecule has 1 heterocycles. The Bertz CT molecular complexity index is 670. The van der Waals surface area contributed by atoms with Gasteiger partial charge in [0.25, 0.3) is 0 Å². The first-order valence-electron chi connectivity index (χ1n) is 9.08. The summed E-state index contributed by atoms with van der Waals surface area (Å²) in [6.07, 6.45) is 1.00. The first-order valence-corrected chi connectivity index (χ1v) is 9.08.